The van der Waals surface area contributed by atoms with Gasteiger partial charge in [0.15, 0.2) is 0 Å². The predicted molar refractivity (Wildman–Crippen MR) is 69.2 cm³/mol. The molecule has 0 unspecified atom stereocenters. The maximum absolute atomic E-state index is 13.5. The van der Waals surface area contributed by atoms with Gasteiger partial charge in [-0.3, -0.25) is 0 Å². The molecule has 0 aliphatic carbocycles. The van der Waals surface area contributed by atoms with Crippen molar-refractivity contribution in [2.24, 2.45) is 0 Å². The second kappa shape index (κ2) is 5.65. The Morgan fingerprint density at radius 1 is 1.17 bits per heavy atom. The Bertz CT molecular complexity index is 538. The largest absolute Gasteiger partial charge is 0.491 e. The smallest absolute Gasteiger partial charge is 0.127 e. The Hall–Kier alpha value is -1.87. The third kappa shape index (κ3) is 2.87. The number of rotatable bonds is 4. The lowest BCUT2D eigenvalue weighted by Crippen LogP contribution is -2.02. The lowest BCUT2D eigenvalue weighted by atomic mass is 10.0. The van der Waals surface area contributed by atoms with Crippen molar-refractivity contribution >= 4 is 0 Å². The van der Waals surface area contributed by atoms with Gasteiger partial charge in [0.2, 0.25) is 0 Å². The van der Waals surface area contributed by atoms with E-state index in [0.29, 0.717) is 5.75 Å². The van der Waals surface area contributed by atoms with Crippen molar-refractivity contribution in [1.29, 1.82) is 0 Å². The zero-order valence-corrected chi connectivity index (χ0v) is 10.2. The highest BCUT2D eigenvalue weighted by molar-refractivity contribution is 5.68. The van der Waals surface area contributed by atoms with Gasteiger partial charge in [-0.15, -0.1) is 0 Å². The first-order valence-corrected chi connectivity index (χ1v) is 5.81. The molecule has 1 N–H and O–H groups in total. The van der Waals surface area contributed by atoms with E-state index in [4.69, 9.17) is 9.84 Å². The highest BCUT2D eigenvalue weighted by atomic mass is 19.1. The SMILES string of the molecule is Cc1ccccc1-c1cc(F)cc(OCCO)c1. The quantitative estimate of drug-likeness (QED) is 0.897. The van der Waals surface area contributed by atoms with E-state index in [9.17, 15) is 4.39 Å². The Kier molecular flexibility index (Phi) is 3.95. The van der Waals surface area contributed by atoms with E-state index in [0.717, 1.165) is 16.7 Å². The second-order valence-electron chi connectivity index (χ2n) is 4.06. The van der Waals surface area contributed by atoms with Crippen molar-refractivity contribution in [3.05, 3.63) is 53.8 Å². The van der Waals surface area contributed by atoms with Crippen molar-refractivity contribution in [3.8, 4) is 16.9 Å². The molecule has 0 fully saturated rings. The molecular formula is C15H15FO2. The molecule has 0 aliphatic rings. The first-order valence-electron chi connectivity index (χ1n) is 5.81. The number of hydrogen-bond acceptors (Lipinski definition) is 2. The molecule has 0 spiro atoms. The molecule has 94 valence electrons. The third-order valence-corrected chi connectivity index (χ3v) is 2.69. The number of hydrogen-bond donors (Lipinski definition) is 1. The molecular weight excluding hydrogens is 231 g/mol. The fraction of sp³-hybridized carbons (Fsp3) is 0.200. The van der Waals surface area contributed by atoms with Crippen LogP contribution >= 0.6 is 0 Å². The molecule has 0 aliphatic heterocycles. The minimum absolute atomic E-state index is 0.0871. The zero-order chi connectivity index (χ0) is 13.0. The monoisotopic (exact) mass is 246 g/mol. The summed E-state index contributed by atoms with van der Waals surface area (Å²) in [7, 11) is 0. The van der Waals surface area contributed by atoms with Gasteiger partial charge in [-0.05, 0) is 35.7 Å². The number of aryl methyl sites for hydroxylation is 1. The van der Waals surface area contributed by atoms with Gasteiger partial charge in [0.25, 0.3) is 0 Å². The molecule has 0 atom stereocenters. The number of aliphatic hydroxyl groups excluding tert-OH is 1. The minimum atomic E-state index is -0.344. The van der Waals surface area contributed by atoms with Gasteiger partial charge in [-0.25, -0.2) is 4.39 Å². The summed E-state index contributed by atoms with van der Waals surface area (Å²) >= 11 is 0. The number of aliphatic hydroxyl groups is 1. The summed E-state index contributed by atoms with van der Waals surface area (Å²) in [6.07, 6.45) is 0. The minimum Gasteiger partial charge on any atom is -0.491 e. The first-order chi connectivity index (χ1) is 8.70. The van der Waals surface area contributed by atoms with E-state index < -0.39 is 0 Å². The summed E-state index contributed by atoms with van der Waals surface area (Å²) in [4.78, 5) is 0. The Morgan fingerprint density at radius 3 is 2.67 bits per heavy atom. The van der Waals surface area contributed by atoms with Gasteiger partial charge in [-0.2, -0.15) is 0 Å². The molecule has 0 heterocycles. The number of ether oxygens (including phenoxy) is 1. The molecule has 2 nitrogen and oxygen atoms in total. The van der Waals surface area contributed by atoms with Crippen LogP contribution in [-0.2, 0) is 0 Å². The van der Waals surface area contributed by atoms with Crippen LogP contribution in [0.15, 0.2) is 42.5 Å². The molecule has 0 bridgehead atoms. The van der Waals surface area contributed by atoms with Crippen molar-refractivity contribution in [2.45, 2.75) is 6.92 Å². The summed E-state index contributed by atoms with van der Waals surface area (Å²) < 4.78 is 18.8. The Morgan fingerprint density at radius 2 is 1.94 bits per heavy atom. The summed E-state index contributed by atoms with van der Waals surface area (Å²) in [6.45, 7) is 2.06. The molecule has 0 aromatic heterocycles. The maximum atomic E-state index is 13.5. The van der Waals surface area contributed by atoms with Gasteiger partial charge in [-0.1, -0.05) is 24.3 Å². The fourth-order valence-electron chi connectivity index (χ4n) is 1.86. The van der Waals surface area contributed by atoms with Crippen LogP contribution in [-0.4, -0.2) is 18.3 Å². The van der Waals surface area contributed by atoms with Crippen molar-refractivity contribution in [1.82, 2.24) is 0 Å². The van der Waals surface area contributed by atoms with Crippen LogP contribution in [0, 0.1) is 12.7 Å². The molecule has 2 rings (SSSR count). The maximum Gasteiger partial charge on any atom is 0.127 e. The Balaban J connectivity index is 2.39. The van der Waals surface area contributed by atoms with E-state index in [2.05, 4.69) is 0 Å². The number of benzene rings is 2. The molecule has 3 heteroatoms. The van der Waals surface area contributed by atoms with Gasteiger partial charge in [0.05, 0.1) is 6.61 Å². The lowest BCUT2D eigenvalue weighted by Gasteiger charge is -2.09. The summed E-state index contributed by atoms with van der Waals surface area (Å²) in [5, 5.41) is 8.71. The standard InChI is InChI=1S/C15H15FO2/c1-11-4-2-3-5-15(11)12-8-13(16)10-14(9-12)18-7-6-17/h2-5,8-10,17H,6-7H2,1H3. The summed E-state index contributed by atoms with van der Waals surface area (Å²) in [6, 6.07) is 12.4. The zero-order valence-electron chi connectivity index (χ0n) is 10.2. The fourth-order valence-corrected chi connectivity index (χ4v) is 1.86. The van der Waals surface area contributed by atoms with Crippen LogP contribution in [0.1, 0.15) is 5.56 Å². The molecule has 0 saturated heterocycles. The van der Waals surface area contributed by atoms with Crippen molar-refractivity contribution in [3.63, 3.8) is 0 Å². The molecule has 0 saturated carbocycles. The van der Waals surface area contributed by atoms with E-state index in [-0.39, 0.29) is 19.0 Å². The average Bonchev–Trinajstić information content (AvgIpc) is 2.36. The van der Waals surface area contributed by atoms with Gasteiger partial charge in [0, 0.05) is 6.07 Å². The number of halogens is 1. The Labute approximate surface area is 106 Å². The highest BCUT2D eigenvalue weighted by Crippen LogP contribution is 2.27. The van der Waals surface area contributed by atoms with E-state index >= 15 is 0 Å². The topological polar surface area (TPSA) is 29.5 Å². The predicted octanol–water partition coefficient (Wildman–Crippen LogP) is 3.17. The van der Waals surface area contributed by atoms with Crippen LogP contribution in [0.4, 0.5) is 4.39 Å². The van der Waals surface area contributed by atoms with E-state index in [1.165, 1.54) is 12.1 Å². The van der Waals surface area contributed by atoms with Crippen LogP contribution in [0.25, 0.3) is 11.1 Å². The molecule has 0 amide bonds. The molecule has 2 aromatic rings. The summed E-state index contributed by atoms with van der Waals surface area (Å²) in [5.41, 5.74) is 2.84. The van der Waals surface area contributed by atoms with Crippen LogP contribution in [0.3, 0.4) is 0 Å². The summed E-state index contributed by atoms with van der Waals surface area (Å²) in [5.74, 6) is 0.0889. The second-order valence-corrected chi connectivity index (χ2v) is 4.06. The highest BCUT2D eigenvalue weighted by Gasteiger charge is 2.06. The third-order valence-electron chi connectivity index (χ3n) is 2.69. The van der Waals surface area contributed by atoms with Crippen LogP contribution in [0.5, 0.6) is 5.75 Å². The lowest BCUT2D eigenvalue weighted by molar-refractivity contribution is 0.201. The molecule has 18 heavy (non-hydrogen) atoms. The van der Waals surface area contributed by atoms with Gasteiger partial charge in [0.1, 0.15) is 18.2 Å². The molecule has 2 aromatic carbocycles. The van der Waals surface area contributed by atoms with Gasteiger partial charge < -0.3 is 9.84 Å². The normalized spacial score (nSPS) is 10.4. The van der Waals surface area contributed by atoms with Crippen molar-refractivity contribution in [2.75, 3.05) is 13.2 Å². The van der Waals surface area contributed by atoms with Crippen LogP contribution < -0.4 is 4.74 Å². The van der Waals surface area contributed by atoms with Crippen LogP contribution in [0.2, 0.25) is 0 Å². The molecule has 0 radical (unpaired) electrons. The van der Waals surface area contributed by atoms with E-state index in [1.807, 2.05) is 31.2 Å². The average molecular weight is 246 g/mol. The van der Waals surface area contributed by atoms with Gasteiger partial charge >= 0.3 is 0 Å². The first kappa shape index (κ1) is 12.6. The van der Waals surface area contributed by atoms with E-state index in [1.54, 1.807) is 6.07 Å². The van der Waals surface area contributed by atoms with Crippen molar-refractivity contribution < 1.29 is 14.2 Å².